The number of carbonyl (C=O) groups excluding carboxylic acids is 1. The molecule has 4 rings (SSSR count). The molecule has 1 aliphatic heterocycles. The van der Waals surface area contributed by atoms with Gasteiger partial charge in [-0.05, 0) is 29.3 Å². The highest BCUT2D eigenvalue weighted by Crippen LogP contribution is 2.30. The SMILES string of the molecule is COc1ccc(NC(=O)CNC(c2ccccc2)c2ccccc2)cc1S(=O)(=O)N1CCOCC1. The second-order valence-corrected chi connectivity index (χ2v) is 9.97. The Morgan fingerprint density at radius 3 is 2.14 bits per heavy atom. The number of hydrogen-bond acceptors (Lipinski definition) is 6. The van der Waals surface area contributed by atoms with Crippen molar-refractivity contribution in [1.82, 2.24) is 9.62 Å². The number of nitrogens with zero attached hydrogens (tertiary/aromatic N) is 1. The molecule has 0 aliphatic carbocycles. The maximum Gasteiger partial charge on any atom is 0.246 e. The van der Waals surface area contributed by atoms with E-state index < -0.39 is 10.0 Å². The van der Waals surface area contributed by atoms with Gasteiger partial charge >= 0.3 is 0 Å². The summed E-state index contributed by atoms with van der Waals surface area (Å²) in [5.41, 5.74) is 2.45. The van der Waals surface area contributed by atoms with Gasteiger partial charge in [-0.1, -0.05) is 60.7 Å². The molecule has 0 aromatic heterocycles. The van der Waals surface area contributed by atoms with E-state index in [1.165, 1.54) is 17.5 Å². The average molecular weight is 496 g/mol. The molecule has 3 aromatic rings. The summed E-state index contributed by atoms with van der Waals surface area (Å²) in [4.78, 5) is 12.8. The van der Waals surface area contributed by atoms with Crippen LogP contribution in [0.5, 0.6) is 5.75 Å². The van der Waals surface area contributed by atoms with Gasteiger partial charge in [0.05, 0.1) is 32.9 Å². The van der Waals surface area contributed by atoms with Gasteiger partial charge in [-0.15, -0.1) is 0 Å². The number of morpholine rings is 1. The van der Waals surface area contributed by atoms with Crippen molar-refractivity contribution >= 4 is 21.6 Å². The van der Waals surface area contributed by atoms with Crippen LogP contribution in [0, 0.1) is 0 Å². The fraction of sp³-hybridized carbons (Fsp3) is 0.269. The first-order valence-corrected chi connectivity index (χ1v) is 12.8. The highest BCUT2D eigenvalue weighted by Gasteiger charge is 2.29. The molecule has 0 atom stereocenters. The Balaban J connectivity index is 1.49. The average Bonchev–Trinajstić information content (AvgIpc) is 2.90. The monoisotopic (exact) mass is 495 g/mol. The van der Waals surface area contributed by atoms with Gasteiger partial charge in [0, 0.05) is 18.8 Å². The minimum Gasteiger partial charge on any atom is -0.495 e. The van der Waals surface area contributed by atoms with Crippen LogP contribution in [-0.4, -0.2) is 58.6 Å². The molecule has 35 heavy (non-hydrogen) atoms. The van der Waals surface area contributed by atoms with Crippen molar-refractivity contribution in [3.63, 3.8) is 0 Å². The van der Waals surface area contributed by atoms with Gasteiger partial charge in [0.2, 0.25) is 15.9 Å². The molecule has 1 saturated heterocycles. The Morgan fingerprint density at radius 1 is 0.971 bits per heavy atom. The van der Waals surface area contributed by atoms with Crippen LogP contribution < -0.4 is 15.4 Å². The minimum atomic E-state index is -3.80. The van der Waals surface area contributed by atoms with Crippen molar-refractivity contribution in [3.8, 4) is 5.75 Å². The largest absolute Gasteiger partial charge is 0.495 e. The van der Waals surface area contributed by atoms with Crippen molar-refractivity contribution in [2.75, 3.05) is 45.3 Å². The fourth-order valence-electron chi connectivity index (χ4n) is 4.00. The predicted octanol–water partition coefficient (Wildman–Crippen LogP) is 3.03. The van der Waals surface area contributed by atoms with E-state index in [0.717, 1.165) is 11.1 Å². The van der Waals surface area contributed by atoms with E-state index in [4.69, 9.17) is 9.47 Å². The topological polar surface area (TPSA) is 97.0 Å². The lowest BCUT2D eigenvalue weighted by atomic mass is 9.99. The zero-order chi connectivity index (χ0) is 24.7. The molecule has 0 radical (unpaired) electrons. The predicted molar refractivity (Wildman–Crippen MR) is 134 cm³/mol. The zero-order valence-corrected chi connectivity index (χ0v) is 20.3. The van der Waals surface area contributed by atoms with Gasteiger partial charge in [-0.3, -0.25) is 10.1 Å². The summed E-state index contributed by atoms with van der Waals surface area (Å²) in [5.74, 6) is -0.0671. The number of amides is 1. The number of anilines is 1. The number of carbonyl (C=O) groups is 1. The molecule has 0 bridgehead atoms. The van der Waals surface area contributed by atoms with Gasteiger partial charge < -0.3 is 14.8 Å². The Labute approximate surface area is 205 Å². The second kappa shape index (κ2) is 11.5. The molecule has 9 heteroatoms. The van der Waals surface area contributed by atoms with E-state index in [9.17, 15) is 13.2 Å². The number of methoxy groups -OCH3 is 1. The minimum absolute atomic E-state index is 0.0131. The Bertz CT molecular complexity index is 1190. The van der Waals surface area contributed by atoms with E-state index >= 15 is 0 Å². The van der Waals surface area contributed by atoms with Gasteiger partial charge in [0.1, 0.15) is 10.6 Å². The molecule has 0 spiro atoms. The lowest BCUT2D eigenvalue weighted by Gasteiger charge is -2.27. The van der Waals surface area contributed by atoms with Crippen LogP contribution in [0.3, 0.4) is 0 Å². The molecule has 3 aromatic carbocycles. The molecule has 1 amide bonds. The van der Waals surface area contributed by atoms with Gasteiger partial charge in [-0.25, -0.2) is 8.42 Å². The van der Waals surface area contributed by atoms with E-state index in [1.54, 1.807) is 12.1 Å². The standard InChI is InChI=1S/C26H29N3O5S/c1-33-23-13-12-22(18-24(23)35(31,32)29-14-16-34-17-15-29)28-25(30)19-27-26(20-8-4-2-5-9-20)21-10-6-3-7-11-21/h2-13,18,26-27H,14-17,19H2,1H3,(H,28,30). The highest BCUT2D eigenvalue weighted by molar-refractivity contribution is 7.89. The van der Waals surface area contributed by atoms with Crippen molar-refractivity contribution in [2.24, 2.45) is 0 Å². The zero-order valence-electron chi connectivity index (χ0n) is 19.5. The summed E-state index contributed by atoms with van der Waals surface area (Å²) in [6.07, 6.45) is 0. The van der Waals surface area contributed by atoms with Gasteiger partial charge in [0.25, 0.3) is 0 Å². The summed E-state index contributed by atoms with van der Waals surface area (Å²) in [5, 5.41) is 6.12. The maximum absolute atomic E-state index is 13.2. The first kappa shape index (κ1) is 24.9. The molecule has 1 aliphatic rings. The summed E-state index contributed by atoms with van der Waals surface area (Å²) in [7, 11) is -2.38. The number of hydrogen-bond donors (Lipinski definition) is 2. The van der Waals surface area contributed by atoms with Crippen LogP contribution in [0.15, 0.2) is 83.8 Å². The van der Waals surface area contributed by atoms with Crippen LogP contribution in [0.25, 0.3) is 0 Å². The Kier molecular flexibility index (Phi) is 8.14. The van der Waals surface area contributed by atoms with Crippen LogP contribution in [0.4, 0.5) is 5.69 Å². The van der Waals surface area contributed by atoms with Crippen LogP contribution in [-0.2, 0) is 19.6 Å². The molecule has 184 valence electrons. The molecule has 1 fully saturated rings. The number of benzene rings is 3. The molecule has 0 unspecified atom stereocenters. The third kappa shape index (κ3) is 6.07. The first-order chi connectivity index (χ1) is 17.0. The van der Waals surface area contributed by atoms with E-state index in [-0.39, 0.29) is 42.2 Å². The molecule has 1 heterocycles. The summed E-state index contributed by atoms with van der Waals surface area (Å²) in [6.45, 7) is 1.26. The van der Waals surface area contributed by atoms with E-state index in [0.29, 0.717) is 18.9 Å². The van der Waals surface area contributed by atoms with Crippen LogP contribution >= 0.6 is 0 Å². The second-order valence-electron chi connectivity index (χ2n) is 8.07. The number of rotatable bonds is 9. The number of nitrogens with one attached hydrogen (secondary N) is 2. The normalized spacial score (nSPS) is 14.6. The molecule has 0 saturated carbocycles. The van der Waals surface area contributed by atoms with Crippen molar-refractivity contribution in [1.29, 1.82) is 0 Å². The van der Waals surface area contributed by atoms with Gasteiger partial charge in [-0.2, -0.15) is 4.31 Å². The highest BCUT2D eigenvalue weighted by atomic mass is 32.2. The summed E-state index contributed by atoms with van der Waals surface area (Å²) < 4.78 is 38.3. The van der Waals surface area contributed by atoms with Crippen molar-refractivity contribution in [3.05, 3.63) is 90.0 Å². The smallest absolute Gasteiger partial charge is 0.246 e. The van der Waals surface area contributed by atoms with Gasteiger partial charge in [0.15, 0.2) is 0 Å². The van der Waals surface area contributed by atoms with Crippen molar-refractivity contribution < 1.29 is 22.7 Å². The lowest BCUT2D eigenvalue weighted by Crippen LogP contribution is -2.40. The van der Waals surface area contributed by atoms with E-state index in [1.807, 2.05) is 60.7 Å². The Morgan fingerprint density at radius 2 is 1.57 bits per heavy atom. The third-order valence-corrected chi connectivity index (χ3v) is 7.69. The molecule has 8 nitrogen and oxygen atoms in total. The quantitative estimate of drug-likeness (QED) is 0.474. The third-order valence-electron chi connectivity index (χ3n) is 5.77. The molecule has 2 N–H and O–H groups in total. The molecular formula is C26H29N3O5S. The Hall–Kier alpha value is -3.24. The lowest BCUT2D eigenvalue weighted by molar-refractivity contribution is -0.115. The first-order valence-electron chi connectivity index (χ1n) is 11.4. The van der Waals surface area contributed by atoms with E-state index in [2.05, 4.69) is 10.6 Å². The maximum atomic E-state index is 13.2. The fourth-order valence-corrected chi connectivity index (χ4v) is 5.59. The van der Waals surface area contributed by atoms with Crippen LogP contribution in [0.2, 0.25) is 0 Å². The van der Waals surface area contributed by atoms with Crippen LogP contribution in [0.1, 0.15) is 17.2 Å². The van der Waals surface area contributed by atoms with Crippen molar-refractivity contribution in [2.45, 2.75) is 10.9 Å². The number of ether oxygens (including phenoxy) is 2. The number of sulfonamides is 1. The molecular weight excluding hydrogens is 466 g/mol. The summed E-state index contributed by atoms with van der Waals surface area (Å²) in [6, 6.07) is 24.2. The summed E-state index contributed by atoms with van der Waals surface area (Å²) >= 11 is 0.